The molecule has 1 N–H and O–H groups in total. The zero-order valence-electron chi connectivity index (χ0n) is 15.5. The number of nitrogens with zero attached hydrogens (tertiary/aromatic N) is 1. The highest BCUT2D eigenvalue weighted by atomic mass is 127. The van der Waals surface area contributed by atoms with E-state index in [1.54, 1.807) is 43.5 Å². The first-order valence-corrected chi connectivity index (χ1v) is 10.8. The molecule has 3 rings (SSSR count). The van der Waals surface area contributed by atoms with E-state index in [1.807, 2.05) is 13.0 Å². The number of hydrogen-bond acceptors (Lipinski definition) is 5. The number of halogens is 2. The monoisotopic (exact) mass is 542 g/mol. The first-order chi connectivity index (χ1) is 13.9. The number of amidine groups is 1. The third-order valence-corrected chi connectivity index (χ3v) is 5.75. The van der Waals surface area contributed by atoms with E-state index in [2.05, 4.69) is 32.9 Å². The fraction of sp³-hybridized carbons (Fsp3) is 0.150. The lowest BCUT2D eigenvalue weighted by Crippen LogP contribution is -2.20. The first-order valence-electron chi connectivity index (χ1n) is 8.51. The molecule has 0 radical (unpaired) electrons. The molecule has 9 heteroatoms. The molecule has 2 amide bonds. The highest BCUT2D eigenvalue weighted by molar-refractivity contribution is 14.1. The van der Waals surface area contributed by atoms with Gasteiger partial charge in [-0.25, -0.2) is 0 Å². The maximum Gasteiger partial charge on any atom is 0.279 e. The number of benzene rings is 2. The smallest absolute Gasteiger partial charge is 0.279 e. The molecule has 1 heterocycles. The van der Waals surface area contributed by atoms with Gasteiger partial charge in [0.25, 0.3) is 11.8 Å². The number of carbonyl (C=O) groups excluding carboxylic acids is 2. The Morgan fingerprint density at radius 1 is 1.31 bits per heavy atom. The zero-order valence-corrected chi connectivity index (χ0v) is 19.2. The van der Waals surface area contributed by atoms with Crippen molar-refractivity contribution in [2.45, 2.75) is 6.92 Å². The number of methoxy groups -OCH3 is 1. The summed E-state index contributed by atoms with van der Waals surface area (Å²) in [5, 5.41) is 3.37. The van der Waals surface area contributed by atoms with Gasteiger partial charge >= 0.3 is 0 Å². The van der Waals surface area contributed by atoms with Crippen molar-refractivity contribution in [3.8, 4) is 11.5 Å². The number of nitrogens with one attached hydrogen (secondary N) is 1. The standard InChI is InChI=1S/C20H16ClIN2O4S/c1-3-28-17-14(22)8-11(9-15(17)27-2)10-16-19(26)24-20(29-16)23-18(25)12-4-6-13(21)7-5-12/h4-10H,3H2,1-2H3,(H,23,24,25,26)/b16-10-. The van der Waals surface area contributed by atoms with Crippen LogP contribution in [0.25, 0.3) is 6.08 Å². The molecule has 1 aliphatic rings. The molecule has 2 aromatic carbocycles. The number of hydrogen-bond donors (Lipinski definition) is 1. The van der Waals surface area contributed by atoms with Gasteiger partial charge in [0.05, 0.1) is 22.2 Å². The summed E-state index contributed by atoms with van der Waals surface area (Å²) in [7, 11) is 1.56. The van der Waals surface area contributed by atoms with Gasteiger partial charge in [0.2, 0.25) is 0 Å². The lowest BCUT2D eigenvalue weighted by molar-refractivity contribution is -0.115. The third kappa shape index (κ3) is 5.31. The minimum Gasteiger partial charge on any atom is -0.493 e. The Labute approximate surface area is 190 Å². The summed E-state index contributed by atoms with van der Waals surface area (Å²) in [6, 6.07) is 10.1. The van der Waals surface area contributed by atoms with Gasteiger partial charge in [-0.2, -0.15) is 4.99 Å². The maximum atomic E-state index is 12.3. The van der Waals surface area contributed by atoms with E-state index in [4.69, 9.17) is 21.1 Å². The van der Waals surface area contributed by atoms with E-state index < -0.39 is 5.91 Å². The van der Waals surface area contributed by atoms with Crippen molar-refractivity contribution in [3.05, 3.63) is 61.0 Å². The second-order valence-corrected chi connectivity index (χ2v) is 8.39. The first kappa shape index (κ1) is 21.7. The van der Waals surface area contributed by atoms with Crippen LogP contribution in [0.4, 0.5) is 0 Å². The van der Waals surface area contributed by atoms with Crippen LogP contribution < -0.4 is 14.8 Å². The second-order valence-electron chi connectivity index (χ2n) is 5.76. The molecule has 0 spiro atoms. The predicted molar refractivity (Wildman–Crippen MR) is 124 cm³/mol. The summed E-state index contributed by atoms with van der Waals surface area (Å²) in [5.74, 6) is 0.474. The molecular formula is C20H16ClIN2O4S. The normalized spacial score (nSPS) is 16.2. The second kappa shape index (κ2) is 9.64. The van der Waals surface area contributed by atoms with Gasteiger partial charge in [-0.1, -0.05) is 11.6 Å². The van der Waals surface area contributed by atoms with Gasteiger partial charge in [-0.05, 0) is 89.3 Å². The van der Waals surface area contributed by atoms with Gasteiger partial charge in [0.15, 0.2) is 16.7 Å². The molecule has 2 aromatic rings. The lowest BCUT2D eigenvalue weighted by atomic mass is 10.2. The van der Waals surface area contributed by atoms with Crippen LogP contribution in [-0.2, 0) is 4.79 Å². The average molecular weight is 543 g/mol. The van der Waals surface area contributed by atoms with Crippen molar-refractivity contribution >= 4 is 69.0 Å². The van der Waals surface area contributed by atoms with Gasteiger partial charge in [-0.3, -0.25) is 9.59 Å². The minimum absolute atomic E-state index is 0.230. The van der Waals surface area contributed by atoms with Gasteiger partial charge in [0.1, 0.15) is 0 Å². The van der Waals surface area contributed by atoms with E-state index >= 15 is 0 Å². The maximum absolute atomic E-state index is 12.3. The van der Waals surface area contributed by atoms with E-state index in [1.165, 1.54) is 0 Å². The van der Waals surface area contributed by atoms with Crippen LogP contribution in [0.2, 0.25) is 5.02 Å². The number of ether oxygens (including phenoxy) is 2. The topological polar surface area (TPSA) is 77.0 Å². The summed E-state index contributed by atoms with van der Waals surface area (Å²) in [6.07, 6.45) is 1.72. The van der Waals surface area contributed by atoms with Crippen molar-refractivity contribution in [3.63, 3.8) is 0 Å². The Bertz CT molecular complexity index is 1020. The molecule has 0 atom stereocenters. The largest absolute Gasteiger partial charge is 0.493 e. The van der Waals surface area contributed by atoms with Crippen LogP contribution in [0.15, 0.2) is 46.3 Å². The summed E-state index contributed by atoms with van der Waals surface area (Å²) < 4.78 is 11.9. The van der Waals surface area contributed by atoms with Crippen molar-refractivity contribution < 1.29 is 19.1 Å². The Kier molecular flexibility index (Phi) is 7.20. The minimum atomic E-state index is -0.456. The SMILES string of the molecule is CCOc1c(I)cc(/C=C2\SC(=NC(=O)c3ccc(Cl)cc3)NC2=O)cc1OC. The number of carbonyl (C=O) groups is 2. The van der Waals surface area contributed by atoms with Crippen LogP contribution in [0.5, 0.6) is 11.5 Å². The van der Waals surface area contributed by atoms with Crippen LogP contribution in [0, 0.1) is 3.57 Å². The van der Waals surface area contributed by atoms with E-state index in [0.29, 0.717) is 33.6 Å². The average Bonchev–Trinajstić information content (AvgIpc) is 3.02. The van der Waals surface area contributed by atoms with Crippen LogP contribution >= 0.6 is 46.0 Å². The fourth-order valence-corrected chi connectivity index (χ4v) is 4.22. The van der Waals surface area contributed by atoms with E-state index in [-0.39, 0.29) is 11.1 Å². The Morgan fingerprint density at radius 2 is 2.03 bits per heavy atom. The van der Waals surface area contributed by atoms with Crippen LogP contribution in [0.1, 0.15) is 22.8 Å². The Morgan fingerprint density at radius 3 is 2.69 bits per heavy atom. The molecule has 150 valence electrons. The van der Waals surface area contributed by atoms with E-state index in [0.717, 1.165) is 20.9 Å². The third-order valence-electron chi connectivity index (χ3n) is 3.78. The van der Waals surface area contributed by atoms with E-state index in [9.17, 15) is 9.59 Å². The fourth-order valence-electron chi connectivity index (χ4n) is 2.49. The lowest BCUT2D eigenvalue weighted by Gasteiger charge is -2.12. The number of rotatable bonds is 5. The van der Waals surface area contributed by atoms with Crippen LogP contribution in [0.3, 0.4) is 0 Å². The molecule has 0 bridgehead atoms. The van der Waals surface area contributed by atoms with Crippen molar-refractivity contribution in [2.75, 3.05) is 13.7 Å². The molecule has 1 fully saturated rings. The molecule has 29 heavy (non-hydrogen) atoms. The zero-order chi connectivity index (χ0) is 21.0. The summed E-state index contributed by atoms with van der Waals surface area (Å²) in [4.78, 5) is 29.0. The quantitative estimate of drug-likeness (QED) is 0.436. The van der Waals surface area contributed by atoms with Gasteiger partial charge in [0, 0.05) is 10.6 Å². The molecular weight excluding hydrogens is 527 g/mol. The van der Waals surface area contributed by atoms with Gasteiger partial charge in [-0.15, -0.1) is 0 Å². The molecule has 6 nitrogen and oxygen atoms in total. The molecule has 0 aliphatic carbocycles. The van der Waals surface area contributed by atoms with Crippen molar-refractivity contribution in [2.24, 2.45) is 4.99 Å². The predicted octanol–water partition coefficient (Wildman–Crippen LogP) is 4.75. The van der Waals surface area contributed by atoms with Crippen molar-refractivity contribution in [1.82, 2.24) is 5.32 Å². The molecule has 0 unspecified atom stereocenters. The molecule has 0 saturated carbocycles. The number of aliphatic imine (C=N–C) groups is 1. The summed E-state index contributed by atoms with van der Waals surface area (Å²) in [6.45, 7) is 2.42. The molecule has 0 aromatic heterocycles. The molecule has 1 saturated heterocycles. The Balaban J connectivity index is 1.83. The summed E-state index contributed by atoms with van der Waals surface area (Å²) in [5.41, 5.74) is 1.16. The molecule has 1 aliphatic heterocycles. The highest BCUT2D eigenvalue weighted by Gasteiger charge is 2.25. The summed E-state index contributed by atoms with van der Waals surface area (Å²) >= 11 is 9.09. The van der Waals surface area contributed by atoms with Crippen molar-refractivity contribution in [1.29, 1.82) is 0 Å². The van der Waals surface area contributed by atoms with Gasteiger partial charge < -0.3 is 14.8 Å². The van der Waals surface area contributed by atoms with Crippen LogP contribution in [-0.4, -0.2) is 30.7 Å². The Hall–Kier alpha value is -2.04. The highest BCUT2D eigenvalue weighted by Crippen LogP contribution is 2.36. The number of amides is 2. The number of thioether (sulfide) groups is 1.